The summed E-state index contributed by atoms with van der Waals surface area (Å²) in [5.41, 5.74) is 8.44. The third kappa shape index (κ3) is 2.76. The molecule has 29 heavy (non-hydrogen) atoms. The van der Waals surface area contributed by atoms with Crippen molar-refractivity contribution in [3.8, 4) is 6.07 Å². The predicted molar refractivity (Wildman–Crippen MR) is 117 cm³/mol. The van der Waals surface area contributed by atoms with Gasteiger partial charge in [-0.25, -0.2) is 10.1 Å². The van der Waals surface area contributed by atoms with Crippen molar-refractivity contribution in [2.75, 3.05) is 18.0 Å². The molecule has 2 bridgehead atoms. The van der Waals surface area contributed by atoms with E-state index in [0.717, 1.165) is 12.0 Å². The van der Waals surface area contributed by atoms with Gasteiger partial charge in [-0.1, -0.05) is 32.1 Å². The van der Waals surface area contributed by atoms with Gasteiger partial charge in [0.2, 0.25) is 0 Å². The number of anilines is 1. The van der Waals surface area contributed by atoms with Gasteiger partial charge in [-0.3, -0.25) is 0 Å². The van der Waals surface area contributed by atoms with Crippen LogP contribution in [0.25, 0.3) is 10.9 Å². The minimum Gasteiger partial charge on any atom is -0.371 e. The molecule has 2 atom stereocenters. The SMILES string of the molecule is [C-]#[N+]/C(C#N)=C1C=C(/C=C/c2cc3c4c(c2)CCCN4CCC3)C2CC/1C2(C)C. The van der Waals surface area contributed by atoms with E-state index >= 15 is 0 Å². The lowest BCUT2D eigenvalue weighted by Crippen LogP contribution is -2.49. The minimum atomic E-state index is 0.124. The summed E-state index contributed by atoms with van der Waals surface area (Å²) in [6.45, 7) is 14.4. The van der Waals surface area contributed by atoms with E-state index in [1.165, 1.54) is 66.7 Å². The Kier molecular flexibility index (Phi) is 4.18. The van der Waals surface area contributed by atoms with Gasteiger partial charge in [0.25, 0.3) is 5.70 Å². The van der Waals surface area contributed by atoms with Crippen molar-refractivity contribution < 1.29 is 0 Å². The van der Waals surface area contributed by atoms with Gasteiger partial charge in [0, 0.05) is 18.8 Å². The second kappa shape index (κ2) is 6.64. The van der Waals surface area contributed by atoms with Crippen LogP contribution in [0.15, 0.2) is 41.1 Å². The average molecular weight is 382 g/mol. The molecule has 0 aromatic heterocycles. The van der Waals surface area contributed by atoms with Crippen LogP contribution in [0, 0.1) is 35.2 Å². The van der Waals surface area contributed by atoms with Gasteiger partial charge in [-0.2, -0.15) is 0 Å². The van der Waals surface area contributed by atoms with Crippen molar-refractivity contribution in [1.29, 1.82) is 5.26 Å². The quantitative estimate of drug-likeness (QED) is 0.486. The van der Waals surface area contributed by atoms with Gasteiger partial charge in [-0.15, -0.1) is 0 Å². The Morgan fingerprint density at radius 2 is 1.86 bits per heavy atom. The molecule has 3 aliphatic carbocycles. The summed E-state index contributed by atoms with van der Waals surface area (Å²) in [4.78, 5) is 6.08. The molecule has 3 nitrogen and oxygen atoms in total. The number of fused-ring (bicyclic) bond motifs is 1. The van der Waals surface area contributed by atoms with E-state index in [9.17, 15) is 5.26 Å². The van der Waals surface area contributed by atoms with Crippen LogP contribution < -0.4 is 4.90 Å². The van der Waals surface area contributed by atoms with Crippen LogP contribution in [-0.2, 0) is 12.8 Å². The van der Waals surface area contributed by atoms with Gasteiger partial charge < -0.3 is 4.90 Å². The molecule has 0 amide bonds. The Morgan fingerprint density at radius 1 is 1.17 bits per heavy atom. The second-order valence-electron chi connectivity index (χ2n) is 9.55. The molecule has 2 heterocycles. The van der Waals surface area contributed by atoms with Crippen LogP contribution in [0.4, 0.5) is 5.69 Å². The predicted octanol–water partition coefficient (Wildman–Crippen LogP) is 5.70. The molecule has 1 fully saturated rings. The number of rotatable bonds is 2. The van der Waals surface area contributed by atoms with E-state index in [1.807, 2.05) is 0 Å². The Labute approximate surface area is 173 Å². The van der Waals surface area contributed by atoms with E-state index in [0.29, 0.717) is 11.8 Å². The number of nitrogens with zero attached hydrogens (tertiary/aromatic N) is 3. The summed E-state index contributed by atoms with van der Waals surface area (Å²) in [5, 5.41) is 9.40. The number of benzene rings is 1. The Hall–Kier alpha value is -2.78. The molecule has 0 spiro atoms. The van der Waals surface area contributed by atoms with Crippen molar-refractivity contribution in [2.45, 2.75) is 46.0 Å². The third-order valence-electron chi connectivity index (χ3n) is 7.68. The standard InChI is InChI=1S/C26H27N3/c1-26(2)22-15-23(26)21(24(16-27)28-3)14-18(22)9-8-17-12-19-6-4-10-29-11-5-7-20(13-17)25(19)29/h8-9,12-14,22-23H,4-7,10-11,15H2,1-2H3/b9-8+,24-21-. The third-order valence-corrected chi connectivity index (χ3v) is 7.68. The lowest BCUT2D eigenvalue weighted by molar-refractivity contribution is 0.0261. The first-order valence-corrected chi connectivity index (χ1v) is 10.8. The van der Waals surface area contributed by atoms with Crippen LogP contribution in [0.1, 0.15) is 49.8 Å². The summed E-state index contributed by atoms with van der Waals surface area (Å²) in [6, 6.07) is 6.87. The lowest BCUT2D eigenvalue weighted by atomic mass is 9.47. The fraction of sp³-hybridized carbons (Fsp3) is 0.462. The molecule has 0 radical (unpaired) electrons. The first kappa shape index (κ1) is 18.3. The Bertz CT molecular complexity index is 1010. The summed E-state index contributed by atoms with van der Waals surface area (Å²) in [5.74, 6) is 0.859. The monoisotopic (exact) mass is 381 g/mol. The summed E-state index contributed by atoms with van der Waals surface area (Å²) >= 11 is 0. The fourth-order valence-electron chi connectivity index (χ4n) is 6.07. The molecule has 0 saturated heterocycles. The first-order chi connectivity index (χ1) is 14.0. The maximum absolute atomic E-state index is 9.40. The van der Waals surface area contributed by atoms with Crippen LogP contribution in [0.3, 0.4) is 0 Å². The molecule has 6 rings (SSSR count). The van der Waals surface area contributed by atoms with E-state index in [1.54, 1.807) is 0 Å². The van der Waals surface area contributed by atoms with Gasteiger partial charge in [0.05, 0.1) is 12.6 Å². The van der Waals surface area contributed by atoms with Crippen molar-refractivity contribution in [3.05, 3.63) is 69.2 Å². The van der Waals surface area contributed by atoms with E-state index in [2.05, 4.69) is 60.0 Å². The number of hydrogen-bond acceptors (Lipinski definition) is 2. The molecule has 1 aromatic rings. The van der Waals surface area contributed by atoms with E-state index < -0.39 is 0 Å². The fourth-order valence-corrected chi connectivity index (χ4v) is 6.07. The largest absolute Gasteiger partial charge is 0.371 e. The first-order valence-electron chi connectivity index (χ1n) is 10.8. The zero-order valence-electron chi connectivity index (χ0n) is 17.3. The molecule has 5 aliphatic rings. The number of hydrogen-bond donors (Lipinski definition) is 0. The van der Waals surface area contributed by atoms with E-state index in [4.69, 9.17) is 6.57 Å². The van der Waals surface area contributed by atoms with Gasteiger partial charge in [0.1, 0.15) is 0 Å². The molecule has 3 heteroatoms. The zero-order chi connectivity index (χ0) is 20.2. The van der Waals surface area contributed by atoms with Gasteiger partial charge in [-0.05, 0) is 89.3 Å². The van der Waals surface area contributed by atoms with Gasteiger partial charge >= 0.3 is 0 Å². The van der Waals surface area contributed by atoms with Crippen LogP contribution in [0.2, 0.25) is 0 Å². The van der Waals surface area contributed by atoms with Crippen molar-refractivity contribution in [1.82, 2.24) is 0 Å². The highest BCUT2D eigenvalue weighted by Crippen LogP contribution is 2.62. The highest BCUT2D eigenvalue weighted by Gasteiger charge is 2.53. The van der Waals surface area contributed by atoms with Gasteiger partial charge in [0.15, 0.2) is 0 Å². The number of allylic oxidation sites excluding steroid dienone is 5. The lowest BCUT2D eigenvalue weighted by Gasteiger charge is -2.57. The Morgan fingerprint density at radius 3 is 2.45 bits per heavy atom. The maximum atomic E-state index is 9.40. The molecule has 1 aromatic carbocycles. The smallest absolute Gasteiger partial charge is 0.265 e. The summed E-state index contributed by atoms with van der Waals surface area (Å²) < 4.78 is 0. The molecular formula is C26H27N3. The number of aryl methyl sites for hydroxylation is 2. The van der Waals surface area contributed by atoms with Crippen LogP contribution >= 0.6 is 0 Å². The molecular weight excluding hydrogens is 354 g/mol. The molecule has 2 aliphatic heterocycles. The van der Waals surface area contributed by atoms with Crippen molar-refractivity contribution in [2.24, 2.45) is 17.3 Å². The van der Waals surface area contributed by atoms with Crippen LogP contribution in [0.5, 0.6) is 0 Å². The minimum absolute atomic E-state index is 0.124. The second-order valence-corrected chi connectivity index (χ2v) is 9.55. The van der Waals surface area contributed by atoms with Crippen molar-refractivity contribution >= 4 is 11.8 Å². The topological polar surface area (TPSA) is 31.4 Å². The van der Waals surface area contributed by atoms with Crippen molar-refractivity contribution in [3.63, 3.8) is 0 Å². The number of nitriles is 1. The normalized spacial score (nSPS) is 28.0. The molecule has 2 unspecified atom stereocenters. The zero-order valence-corrected chi connectivity index (χ0v) is 17.3. The van der Waals surface area contributed by atoms with E-state index in [-0.39, 0.29) is 11.1 Å². The highest BCUT2D eigenvalue weighted by molar-refractivity contribution is 5.69. The maximum Gasteiger partial charge on any atom is 0.265 e. The summed E-state index contributed by atoms with van der Waals surface area (Å²) in [7, 11) is 0. The average Bonchev–Trinajstić information content (AvgIpc) is 2.73. The highest BCUT2D eigenvalue weighted by atomic mass is 15.1. The Balaban J connectivity index is 1.52. The molecule has 0 N–H and O–H groups in total. The van der Waals surface area contributed by atoms with Crippen LogP contribution in [-0.4, -0.2) is 13.1 Å². The molecule has 146 valence electrons. The summed E-state index contributed by atoms with van der Waals surface area (Å²) in [6.07, 6.45) is 12.6. The molecule has 1 saturated carbocycles.